The standard InChI is InChI=1S/C17H11BrO2/c18-15-5-3-14-10-17(8-4-13(14)9-15)20-16-6-1-12(11-19)2-7-16/h1-11H. The Labute approximate surface area is 125 Å². The second kappa shape index (κ2) is 5.47. The van der Waals surface area contributed by atoms with E-state index in [0.717, 1.165) is 27.3 Å². The Morgan fingerprint density at radius 2 is 1.45 bits per heavy atom. The highest BCUT2D eigenvalue weighted by Gasteiger charge is 2.00. The molecule has 0 aliphatic rings. The minimum absolute atomic E-state index is 0.640. The van der Waals surface area contributed by atoms with Crippen molar-refractivity contribution in [1.29, 1.82) is 0 Å². The molecule has 0 bridgehead atoms. The summed E-state index contributed by atoms with van der Waals surface area (Å²) in [5.41, 5.74) is 0.640. The van der Waals surface area contributed by atoms with Crippen LogP contribution in [0, 0.1) is 0 Å². The molecule has 0 unspecified atom stereocenters. The molecule has 3 rings (SSSR count). The van der Waals surface area contributed by atoms with Crippen molar-refractivity contribution in [1.82, 2.24) is 0 Å². The number of carbonyl (C=O) groups is 1. The van der Waals surface area contributed by atoms with Crippen LogP contribution < -0.4 is 4.74 Å². The van der Waals surface area contributed by atoms with Crippen LogP contribution in [0.2, 0.25) is 0 Å². The smallest absolute Gasteiger partial charge is 0.150 e. The molecule has 3 aromatic rings. The van der Waals surface area contributed by atoms with E-state index in [1.54, 1.807) is 24.3 Å². The average Bonchev–Trinajstić information content (AvgIpc) is 2.48. The van der Waals surface area contributed by atoms with Crippen LogP contribution in [0.4, 0.5) is 0 Å². The van der Waals surface area contributed by atoms with E-state index in [4.69, 9.17) is 4.74 Å². The van der Waals surface area contributed by atoms with Gasteiger partial charge in [-0.25, -0.2) is 0 Å². The first-order valence-corrected chi connectivity index (χ1v) is 6.96. The van der Waals surface area contributed by atoms with Crippen LogP contribution >= 0.6 is 15.9 Å². The van der Waals surface area contributed by atoms with Crippen molar-refractivity contribution in [2.75, 3.05) is 0 Å². The first-order valence-electron chi connectivity index (χ1n) is 6.17. The molecule has 3 aromatic carbocycles. The first kappa shape index (κ1) is 12.9. The lowest BCUT2D eigenvalue weighted by Crippen LogP contribution is -1.85. The molecule has 0 aliphatic carbocycles. The summed E-state index contributed by atoms with van der Waals surface area (Å²) in [6.07, 6.45) is 0.817. The van der Waals surface area contributed by atoms with Gasteiger partial charge in [-0.3, -0.25) is 4.79 Å². The Morgan fingerprint density at radius 3 is 2.20 bits per heavy atom. The van der Waals surface area contributed by atoms with Gasteiger partial charge < -0.3 is 4.74 Å². The zero-order valence-electron chi connectivity index (χ0n) is 10.5. The number of fused-ring (bicyclic) bond motifs is 1. The molecule has 0 radical (unpaired) electrons. The predicted molar refractivity (Wildman–Crippen MR) is 83.6 cm³/mol. The molecule has 0 saturated heterocycles. The molecular weight excluding hydrogens is 316 g/mol. The fourth-order valence-electron chi connectivity index (χ4n) is 2.01. The second-order valence-electron chi connectivity index (χ2n) is 4.44. The van der Waals surface area contributed by atoms with Crippen molar-refractivity contribution >= 4 is 33.0 Å². The molecule has 0 N–H and O–H groups in total. The molecule has 0 aliphatic heterocycles. The fraction of sp³-hybridized carbons (Fsp3) is 0. The molecule has 0 heterocycles. The lowest BCUT2D eigenvalue weighted by Gasteiger charge is -2.07. The lowest BCUT2D eigenvalue weighted by molar-refractivity contribution is 0.112. The van der Waals surface area contributed by atoms with Gasteiger partial charge in [-0.15, -0.1) is 0 Å². The molecule has 0 aromatic heterocycles. The average molecular weight is 327 g/mol. The minimum atomic E-state index is 0.640. The van der Waals surface area contributed by atoms with Crippen LogP contribution in [0.15, 0.2) is 65.1 Å². The molecule has 3 heteroatoms. The molecule has 98 valence electrons. The van der Waals surface area contributed by atoms with Gasteiger partial charge in [0.1, 0.15) is 17.8 Å². The van der Waals surface area contributed by atoms with Gasteiger partial charge in [-0.05, 0) is 59.3 Å². The zero-order valence-corrected chi connectivity index (χ0v) is 12.1. The van der Waals surface area contributed by atoms with Crippen LogP contribution in [0.1, 0.15) is 10.4 Å². The Morgan fingerprint density at radius 1 is 0.800 bits per heavy atom. The highest BCUT2D eigenvalue weighted by atomic mass is 79.9. The Balaban J connectivity index is 1.89. The van der Waals surface area contributed by atoms with Crippen LogP contribution in [0.5, 0.6) is 11.5 Å². The number of aldehydes is 1. The van der Waals surface area contributed by atoms with Crippen molar-refractivity contribution in [2.24, 2.45) is 0 Å². The van der Waals surface area contributed by atoms with E-state index in [1.165, 1.54) is 0 Å². The van der Waals surface area contributed by atoms with Crippen LogP contribution in [-0.2, 0) is 0 Å². The number of carbonyl (C=O) groups excluding carboxylic acids is 1. The monoisotopic (exact) mass is 326 g/mol. The second-order valence-corrected chi connectivity index (χ2v) is 5.36. The molecule has 2 nitrogen and oxygen atoms in total. The van der Waals surface area contributed by atoms with Gasteiger partial charge in [0.25, 0.3) is 0 Å². The number of hydrogen-bond acceptors (Lipinski definition) is 2. The van der Waals surface area contributed by atoms with Crippen molar-refractivity contribution in [3.05, 3.63) is 70.7 Å². The summed E-state index contributed by atoms with van der Waals surface area (Å²) in [6, 6.07) is 19.1. The molecule has 0 amide bonds. The molecule has 0 saturated carbocycles. The van der Waals surface area contributed by atoms with Gasteiger partial charge in [0, 0.05) is 10.0 Å². The highest BCUT2D eigenvalue weighted by Crippen LogP contribution is 2.27. The van der Waals surface area contributed by atoms with Crippen molar-refractivity contribution in [3.8, 4) is 11.5 Å². The maximum Gasteiger partial charge on any atom is 0.150 e. The summed E-state index contributed by atoms with van der Waals surface area (Å²) in [5.74, 6) is 1.49. The quantitative estimate of drug-likeness (QED) is 0.618. The largest absolute Gasteiger partial charge is 0.457 e. The predicted octanol–water partition coefficient (Wildman–Crippen LogP) is 5.21. The third kappa shape index (κ3) is 2.73. The van der Waals surface area contributed by atoms with Gasteiger partial charge in [0.15, 0.2) is 0 Å². The summed E-state index contributed by atoms with van der Waals surface area (Å²) in [7, 11) is 0. The molecular formula is C17H11BrO2. The van der Waals surface area contributed by atoms with Crippen molar-refractivity contribution < 1.29 is 9.53 Å². The van der Waals surface area contributed by atoms with E-state index in [2.05, 4.69) is 22.0 Å². The highest BCUT2D eigenvalue weighted by molar-refractivity contribution is 9.10. The van der Waals surface area contributed by atoms with Gasteiger partial charge in [0.05, 0.1) is 0 Å². The van der Waals surface area contributed by atoms with E-state index in [-0.39, 0.29) is 0 Å². The zero-order chi connectivity index (χ0) is 13.9. The maximum absolute atomic E-state index is 10.6. The third-order valence-electron chi connectivity index (χ3n) is 3.03. The lowest BCUT2D eigenvalue weighted by atomic mass is 10.1. The van der Waals surface area contributed by atoms with Gasteiger partial charge >= 0.3 is 0 Å². The third-order valence-corrected chi connectivity index (χ3v) is 3.52. The summed E-state index contributed by atoms with van der Waals surface area (Å²) < 4.78 is 6.85. The minimum Gasteiger partial charge on any atom is -0.457 e. The SMILES string of the molecule is O=Cc1ccc(Oc2ccc3cc(Br)ccc3c2)cc1. The van der Waals surface area contributed by atoms with Crippen LogP contribution in [-0.4, -0.2) is 6.29 Å². The van der Waals surface area contributed by atoms with Crippen molar-refractivity contribution in [2.45, 2.75) is 0 Å². The van der Waals surface area contributed by atoms with Crippen molar-refractivity contribution in [3.63, 3.8) is 0 Å². The fourth-order valence-corrected chi connectivity index (χ4v) is 2.39. The Kier molecular flexibility index (Phi) is 3.52. The number of rotatable bonds is 3. The topological polar surface area (TPSA) is 26.3 Å². The van der Waals surface area contributed by atoms with E-state index < -0.39 is 0 Å². The van der Waals surface area contributed by atoms with Gasteiger partial charge in [-0.1, -0.05) is 28.1 Å². The Bertz CT molecular complexity index is 764. The van der Waals surface area contributed by atoms with E-state index >= 15 is 0 Å². The normalized spacial score (nSPS) is 10.4. The van der Waals surface area contributed by atoms with E-state index in [0.29, 0.717) is 11.3 Å². The van der Waals surface area contributed by atoms with E-state index in [9.17, 15) is 4.79 Å². The summed E-state index contributed by atoms with van der Waals surface area (Å²) in [6.45, 7) is 0. The number of hydrogen-bond donors (Lipinski definition) is 0. The first-order chi connectivity index (χ1) is 9.74. The maximum atomic E-state index is 10.6. The molecule has 0 fully saturated rings. The summed E-state index contributed by atoms with van der Waals surface area (Å²) >= 11 is 3.46. The summed E-state index contributed by atoms with van der Waals surface area (Å²) in [5, 5.41) is 2.28. The van der Waals surface area contributed by atoms with Gasteiger partial charge in [0.2, 0.25) is 0 Å². The number of ether oxygens (including phenoxy) is 1. The van der Waals surface area contributed by atoms with Crippen LogP contribution in [0.25, 0.3) is 10.8 Å². The van der Waals surface area contributed by atoms with Crippen LogP contribution in [0.3, 0.4) is 0 Å². The molecule has 0 atom stereocenters. The number of halogens is 1. The summed E-state index contributed by atoms with van der Waals surface area (Å²) in [4.78, 5) is 10.6. The number of benzene rings is 3. The van der Waals surface area contributed by atoms with Gasteiger partial charge in [-0.2, -0.15) is 0 Å². The Hall–Kier alpha value is -2.13. The molecule has 0 spiro atoms. The van der Waals surface area contributed by atoms with E-state index in [1.807, 2.05) is 30.3 Å². The molecule has 20 heavy (non-hydrogen) atoms.